The van der Waals surface area contributed by atoms with Gasteiger partial charge in [-0.3, -0.25) is 0 Å². The molecule has 91 valence electrons. The van der Waals surface area contributed by atoms with Crippen LogP contribution in [0.25, 0.3) is 0 Å². The third-order valence-electron chi connectivity index (χ3n) is 3.75. The first-order valence-electron chi connectivity index (χ1n) is 6.07. The minimum Gasteiger partial charge on any atom is -0.0843 e. The minimum atomic E-state index is 0.0508. The molecule has 0 unspecified atom stereocenters. The van der Waals surface area contributed by atoms with Crippen LogP contribution in [0.5, 0.6) is 0 Å². The lowest BCUT2D eigenvalue weighted by Gasteiger charge is -2.43. The summed E-state index contributed by atoms with van der Waals surface area (Å²) < 4.78 is 0. The van der Waals surface area contributed by atoms with Crippen LogP contribution in [0.2, 0.25) is 10.0 Å². The number of rotatable bonds is 2. The van der Waals surface area contributed by atoms with Gasteiger partial charge in [-0.05, 0) is 54.7 Å². The zero-order valence-electron chi connectivity index (χ0n) is 9.87. The van der Waals surface area contributed by atoms with Crippen molar-refractivity contribution in [2.45, 2.75) is 18.3 Å². The Hall–Kier alpha value is -0.980. The van der Waals surface area contributed by atoms with Gasteiger partial charge in [-0.1, -0.05) is 47.5 Å². The topological polar surface area (TPSA) is 0 Å². The van der Waals surface area contributed by atoms with Gasteiger partial charge in [0.1, 0.15) is 0 Å². The van der Waals surface area contributed by atoms with E-state index in [9.17, 15) is 0 Å². The van der Waals surface area contributed by atoms with Crippen LogP contribution in [0.15, 0.2) is 48.5 Å². The molecule has 0 nitrogen and oxygen atoms in total. The maximum atomic E-state index is 5.96. The third-order valence-corrected chi connectivity index (χ3v) is 4.25. The fourth-order valence-corrected chi connectivity index (χ4v) is 2.87. The van der Waals surface area contributed by atoms with Gasteiger partial charge in [-0.25, -0.2) is 0 Å². The highest BCUT2D eigenvalue weighted by Crippen LogP contribution is 2.48. The quantitative estimate of drug-likeness (QED) is 0.700. The van der Waals surface area contributed by atoms with Crippen LogP contribution >= 0.6 is 23.2 Å². The Morgan fingerprint density at radius 3 is 1.39 bits per heavy atom. The van der Waals surface area contributed by atoms with Gasteiger partial charge in [0.2, 0.25) is 0 Å². The fraction of sp³-hybridized carbons (Fsp3) is 0.188. The van der Waals surface area contributed by atoms with E-state index in [0.717, 1.165) is 22.9 Å². The van der Waals surface area contributed by atoms with Crippen LogP contribution in [0.4, 0.5) is 0 Å². The summed E-state index contributed by atoms with van der Waals surface area (Å²) >= 11 is 11.9. The van der Waals surface area contributed by atoms with Crippen LogP contribution in [0, 0.1) is 6.42 Å². The molecule has 0 heterocycles. The lowest BCUT2D eigenvalue weighted by molar-refractivity contribution is 0.418. The number of benzene rings is 2. The van der Waals surface area contributed by atoms with Gasteiger partial charge in [0.25, 0.3) is 0 Å². The van der Waals surface area contributed by atoms with Crippen LogP contribution in [-0.4, -0.2) is 0 Å². The molecular formula is C16H13Cl2. The second-order valence-electron chi connectivity index (χ2n) is 4.73. The monoisotopic (exact) mass is 275 g/mol. The van der Waals surface area contributed by atoms with Gasteiger partial charge in [0.05, 0.1) is 0 Å². The van der Waals surface area contributed by atoms with Gasteiger partial charge in [-0.15, -0.1) is 0 Å². The minimum absolute atomic E-state index is 0.0508. The molecule has 3 rings (SSSR count). The summed E-state index contributed by atoms with van der Waals surface area (Å²) in [6, 6.07) is 16.3. The molecule has 18 heavy (non-hydrogen) atoms. The van der Waals surface area contributed by atoms with Crippen molar-refractivity contribution in [1.82, 2.24) is 0 Å². The van der Waals surface area contributed by atoms with Crippen molar-refractivity contribution in [2.75, 3.05) is 0 Å². The molecule has 0 amide bonds. The van der Waals surface area contributed by atoms with Gasteiger partial charge in [0, 0.05) is 15.5 Å². The highest BCUT2D eigenvalue weighted by atomic mass is 35.5. The Bertz CT molecular complexity index is 489. The predicted octanol–water partition coefficient (Wildman–Crippen LogP) is 5.28. The van der Waals surface area contributed by atoms with Gasteiger partial charge >= 0.3 is 0 Å². The molecule has 2 heteroatoms. The second kappa shape index (κ2) is 4.60. The number of hydrogen-bond donors (Lipinski definition) is 0. The van der Waals surface area contributed by atoms with E-state index in [4.69, 9.17) is 23.2 Å². The molecule has 1 saturated carbocycles. The first-order valence-corrected chi connectivity index (χ1v) is 6.83. The summed E-state index contributed by atoms with van der Waals surface area (Å²) in [7, 11) is 0. The Labute approximate surface area is 118 Å². The summed E-state index contributed by atoms with van der Waals surface area (Å²) in [6.07, 6.45) is 4.68. The zero-order chi connectivity index (χ0) is 12.6. The summed E-state index contributed by atoms with van der Waals surface area (Å²) in [5.41, 5.74) is 2.66. The third kappa shape index (κ3) is 1.94. The molecule has 1 aliphatic rings. The van der Waals surface area contributed by atoms with E-state index in [-0.39, 0.29) is 5.41 Å². The van der Waals surface area contributed by atoms with E-state index in [0.29, 0.717) is 0 Å². The second-order valence-corrected chi connectivity index (χ2v) is 5.60. The van der Waals surface area contributed by atoms with E-state index >= 15 is 0 Å². The Kier molecular flexibility index (Phi) is 3.09. The lowest BCUT2D eigenvalue weighted by Crippen LogP contribution is -2.36. The molecule has 0 atom stereocenters. The van der Waals surface area contributed by atoms with Crippen LogP contribution in [0.1, 0.15) is 24.0 Å². The zero-order valence-corrected chi connectivity index (χ0v) is 11.4. The van der Waals surface area contributed by atoms with Crippen LogP contribution in [-0.2, 0) is 5.41 Å². The maximum Gasteiger partial charge on any atom is 0.0406 e. The molecule has 0 spiro atoms. The molecule has 1 fully saturated rings. The van der Waals surface area contributed by atoms with Crippen molar-refractivity contribution in [3.63, 3.8) is 0 Å². The van der Waals surface area contributed by atoms with Crippen molar-refractivity contribution < 1.29 is 0 Å². The molecule has 2 aromatic rings. The summed E-state index contributed by atoms with van der Waals surface area (Å²) in [5.74, 6) is 0. The fourth-order valence-electron chi connectivity index (χ4n) is 2.62. The molecule has 0 aromatic heterocycles. The molecule has 0 aliphatic heterocycles. The van der Waals surface area contributed by atoms with Crippen molar-refractivity contribution in [2.24, 2.45) is 0 Å². The van der Waals surface area contributed by atoms with Crippen molar-refractivity contribution >= 4 is 23.2 Å². The summed E-state index contributed by atoms with van der Waals surface area (Å²) in [4.78, 5) is 0. The molecule has 0 N–H and O–H groups in total. The molecule has 1 radical (unpaired) electrons. The maximum absolute atomic E-state index is 5.96. The Morgan fingerprint density at radius 2 is 1.11 bits per heavy atom. The van der Waals surface area contributed by atoms with Crippen LogP contribution < -0.4 is 0 Å². The van der Waals surface area contributed by atoms with Crippen molar-refractivity contribution in [1.29, 1.82) is 0 Å². The average Bonchev–Trinajstić information content (AvgIpc) is 2.32. The largest absolute Gasteiger partial charge is 0.0843 e. The van der Waals surface area contributed by atoms with E-state index in [1.807, 2.05) is 24.3 Å². The molecule has 1 aliphatic carbocycles. The van der Waals surface area contributed by atoms with Gasteiger partial charge in [0.15, 0.2) is 0 Å². The van der Waals surface area contributed by atoms with Gasteiger partial charge < -0.3 is 0 Å². The van der Waals surface area contributed by atoms with E-state index in [2.05, 4.69) is 30.7 Å². The Balaban J connectivity index is 2.04. The standard InChI is InChI=1S/C16H13Cl2/c17-14-6-2-12(3-7-14)16(10-1-11-16)13-4-8-15(18)9-5-13/h2-10H,1,11H2. The average molecular weight is 276 g/mol. The first-order chi connectivity index (χ1) is 8.71. The highest BCUT2D eigenvalue weighted by molar-refractivity contribution is 6.30. The Morgan fingerprint density at radius 1 is 0.722 bits per heavy atom. The van der Waals surface area contributed by atoms with Crippen LogP contribution in [0.3, 0.4) is 0 Å². The SMILES string of the molecule is Clc1ccc(C2(c3ccc(Cl)cc3)[CH]CC2)cc1. The lowest BCUT2D eigenvalue weighted by atomic mass is 9.61. The van der Waals surface area contributed by atoms with Gasteiger partial charge in [-0.2, -0.15) is 0 Å². The number of hydrogen-bond acceptors (Lipinski definition) is 0. The van der Waals surface area contributed by atoms with E-state index in [1.54, 1.807) is 0 Å². The highest BCUT2D eigenvalue weighted by Gasteiger charge is 2.40. The smallest absolute Gasteiger partial charge is 0.0406 e. The molecule has 0 bridgehead atoms. The summed E-state index contributed by atoms with van der Waals surface area (Å²) in [6.45, 7) is 0. The predicted molar refractivity (Wildman–Crippen MR) is 77.2 cm³/mol. The molecule has 0 saturated heterocycles. The van der Waals surface area contributed by atoms with Crippen molar-refractivity contribution in [3.05, 3.63) is 76.1 Å². The molecule has 2 aromatic carbocycles. The summed E-state index contributed by atoms with van der Waals surface area (Å²) in [5, 5.41) is 1.56. The molecular weight excluding hydrogens is 263 g/mol. The number of halogens is 2. The van der Waals surface area contributed by atoms with E-state index < -0.39 is 0 Å². The first kappa shape index (κ1) is 12.1. The normalized spacial score (nSPS) is 17.2. The van der Waals surface area contributed by atoms with E-state index in [1.165, 1.54) is 11.1 Å². The van der Waals surface area contributed by atoms with Crippen molar-refractivity contribution in [3.8, 4) is 0 Å².